The number of hydrogen-bond acceptors (Lipinski definition) is 2. The lowest BCUT2D eigenvalue weighted by atomic mass is 9.97. The molecule has 0 amide bonds. The van der Waals surface area contributed by atoms with Crippen LogP contribution in [0, 0.1) is 6.92 Å². The van der Waals surface area contributed by atoms with E-state index in [9.17, 15) is 0 Å². The molecule has 19 heavy (non-hydrogen) atoms. The zero-order chi connectivity index (χ0) is 13.8. The number of benzene rings is 1. The van der Waals surface area contributed by atoms with Gasteiger partial charge in [-0.2, -0.15) is 0 Å². The Kier molecular flexibility index (Phi) is 5.63. The van der Waals surface area contributed by atoms with Crippen LogP contribution in [0.2, 0.25) is 0 Å². The van der Waals surface area contributed by atoms with E-state index in [0.29, 0.717) is 0 Å². The second-order valence-electron chi connectivity index (χ2n) is 4.52. The van der Waals surface area contributed by atoms with Crippen molar-refractivity contribution < 1.29 is 0 Å². The maximum atomic E-state index is 3.68. The molecule has 0 saturated carbocycles. The third-order valence-corrected chi connectivity index (χ3v) is 5.48. The molecular formula is C15H17Br2NS. The van der Waals surface area contributed by atoms with Crippen LogP contribution in [0.4, 0.5) is 0 Å². The average Bonchev–Trinajstić information content (AvgIpc) is 2.71. The van der Waals surface area contributed by atoms with Crippen LogP contribution < -0.4 is 5.32 Å². The number of thiophene rings is 1. The molecule has 1 heterocycles. The standard InChI is InChI=1S/C15H17Br2NS/c1-3-8-18-14(11-7-5-4-6-10(11)2)12-9-13(16)19-15(12)17/h4-7,9,14,18H,3,8H2,1-2H3. The van der Waals surface area contributed by atoms with Gasteiger partial charge in [-0.05, 0) is 74.5 Å². The van der Waals surface area contributed by atoms with Gasteiger partial charge in [0.25, 0.3) is 0 Å². The summed E-state index contributed by atoms with van der Waals surface area (Å²) in [7, 11) is 0. The van der Waals surface area contributed by atoms with Crippen LogP contribution in [-0.2, 0) is 0 Å². The van der Waals surface area contributed by atoms with Crippen LogP contribution in [0.5, 0.6) is 0 Å². The van der Waals surface area contributed by atoms with Crippen molar-refractivity contribution in [3.8, 4) is 0 Å². The second kappa shape index (κ2) is 7.02. The lowest BCUT2D eigenvalue weighted by molar-refractivity contribution is 0.596. The highest BCUT2D eigenvalue weighted by molar-refractivity contribution is 9.12. The topological polar surface area (TPSA) is 12.0 Å². The third kappa shape index (κ3) is 3.69. The van der Waals surface area contributed by atoms with E-state index in [0.717, 1.165) is 16.8 Å². The molecular weight excluding hydrogens is 386 g/mol. The van der Waals surface area contributed by atoms with Crippen molar-refractivity contribution in [3.63, 3.8) is 0 Å². The van der Waals surface area contributed by atoms with E-state index in [1.165, 1.54) is 20.5 Å². The summed E-state index contributed by atoms with van der Waals surface area (Å²) in [5.41, 5.74) is 3.98. The summed E-state index contributed by atoms with van der Waals surface area (Å²) < 4.78 is 2.35. The predicted octanol–water partition coefficient (Wildman–Crippen LogP) is 5.67. The van der Waals surface area contributed by atoms with Crippen LogP contribution >= 0.6 is 43.2 Å². The van der Waals surface area contributed by atoms with Gasteiger partial charge in [0.15, 0.2) is 0 Å². The quantitative estimate of drug-likeness (QED) is 0.679. The first kappa shape index (κ1) is 15.2. The lowest BCUT2D eigenvalue weighted by Gasteiger charge is -2.20. The monoisotopic (exact) mass is 401 g/mol. The molecule has 0 spiro atoms. The molecule has 0 bridgehead atoms. The van der Waals surface area contributed by atoms with Crippen molar-refractivity contribution in [2.75, 3.05) is 6.54 Å². The molecule has 4 heteroatoms. The molecule has 0 aliphatic heterocycles. The largest absolute Gasteiger partial charge is 0.306 e. The van der Waals surface area contributed by atoms with Crippen molar-refractivity contribution in [1.82, 2.24) is 5.32 Å². The minimum absolute atomic E-state index is 0.248. The Labute approximate surface area is 135 Å². The highest BCUT2D eigenvalue weighted by Crippen LogP contribution is 2.38. The van der Waals surface area contributed by atoms with Crippen LogP contribution in [0.25, 0.3) is 0 Å². The van der Waals surface area contributed by atoms with E-state index >= 15 is 0 Å². The van der Waals surface area contributed by atoms with Crippen LogP contribution in [0.1, 0.15) is 36.1 Å². The zero-order valence-corrected chi connectivity index (χ0v) is 15.0. The van der Waals surface area contributed by atoms with Gasteiger partial charge in [-0.1, -0.05) is 31.2 Å². The number of halogens is 2. The van der Waals surface area contributed by atoms with Crippen LogP contribution in [0.15, 0.2) is 37.9 Å². The Bertz CT molecular complexity index is 551. The summed E-state index contributed by atoms with van der Waals surface area (Å²) in [6.07, 6.45) is 1.13. The lowest BCUT2D eigenvalue weighted by Crippen LogP contribution is -2.23. The van der Waals surface area contributed by atoms with Crippen molar-refractivity contribution >= 4 is 43.2 Å². The van der Waals surface area contributed by atoms with E-state index in [1.54, 1.807) is 11.3 Å². The zero-order valence-electron chi connectivity index (χ0n) is 11.0. The number of nitrogens with one attached hydrogen (secondary N) is 1. The molecule has 0 radical (unpaired) electrons. The smallest absolute Gasteiger partial charge is 0.0761 e. The number of aryl methyl sites for hydroxylation is 1. The SMILES string of the molecule is CCCNC(c1ccccc1C)c1cc(Br)sc1Br. The molecule has 102 valence electrons. The van der Waals surface area contributed by atoms with Gasteiger partial charge in [0.05, 0.1) is 13.6 Å². The molecule has 0 aliphatic rings. The first-order valence-corrected chi connectivity index (χ1v) is 8.77. The van der Waals surface area contributed by atoms with E-state index in [-0.39, 0.29) is 6.04 Å². The minimum atomic E-state index is 0.248. The van der Waals surface area contributed by atoms with E-state index in [1.807, 2.05) is 0 Å². The summed E-state index contributed by atoms with van der Waals surface area (Å²) in [5, 5.41) is 3.65. The van der Waals surface area contributed by atoms with E-state index < -0.39 is 0 Å². The Hall–Kier alpha value is -0.160. The maximum absolute atomic E-state index is 3.68. The molecule has 1 atom stereocenters. The molecule has 2 rings (SSSR count). The summed E-state index contributed by atoms with van der Waals surface area (Å²) in [6.45, 7) is 5.38. The number of hydrogen-bond donors (Lipinski definition) is 1. The van der Waals surface area contributed by atoms with Crippen molar-refractivity contribution in [2.24, 2.45) is 0 Å². The normalized spacial score (nSPS) is 12.6. The molecule has 1 aromatic heterocycles. The van der Waals surface area contributed by atoms with Gasteiger partial charge >= 0.3 is 0 Å². The molecule has 1 aromatic carbocycles. The molecule has 0 aliphatic carbocycles. The van der Waals surface area contributed by atoms with E-state index in [4.69, 9.17) is 0 Å². The summed E-state index contributed by atoms with van der Waals surface area (Å²) in [5.74, 6) is 0. The second-order valence-corrected chi connectivity index (χ2v) is 8.27. The van der Waals surface area contributed by atoms with Crippen LogP contribution in [0.3, 0.4) is 0 Å². The number of rotatable bonds is 5. The fourth-order valence-electron chi connectivity index (χ4n) is 2.14. The summed E-state index contributed by atoms with van der Waals surface area (Å²) in [6, 6.07) is 11.0. The van der Waals surface area contributed by atoms with Crippen molar-refractivity contribution in [2.45, 2.75) is 26.3 Å². The van der Waals surface area contributed by atoms with Gasteiger partial charge in [0, 0.05) is 0 Å². The third-order valence-electron chi connectivity index (χ3n) is 3.09. The van der Waals surface area contributed by atoms with Gasteiger partial charge in [0.2, 0.25) is 0 Å². The Balaban J connectivity index is 2.41. The fraction of sp³-hybridized carbons (Fsp3) is 0.333. The summed E-state index contributed by atoms with van der Waals surface area (Å²) >= 11 is 8.98. The first-order valence-electron chi connectivity index (χ1n) is 6.37. The Morgan fingerprint density at radius 2 is 1.95 bits per heavy atom. The maximum Gasteiger partial charge on any atom is 0.0761 e. The molecule has 1 nitrogen and oxygen atoms in total. The fourth-order valence-corrected chi connectivity index (χ4v) is 5.04. The van der Waals surface area contributed by atoms with Gasteiger partial charge in [-0.3, -0.25) is 0 Å². The van der Waals surface area contributed by atoms with Gasteiger partial charge in [-0.25, -0.2) is 0 Å². The van der Waals surface area contributed by atoms with Crippen molar-refractivity contribution in [3.05, 3.63) is 54.6 Å². The van der Waals surface area contributed by atoms with Gasteiger partial charge < -0.3 is 5.32 Å². The minimum Gasteiger partial charge on any atom is -0.306 e. The molecule has 1 unspecified atom stereocenters. The molecule has 0 saturated heterocycles. The highest BCUT2D eigenvalue weighted by Gasteiger charge is 2.19. The van der Waals surface area contributed by atoms with Crippen LogP contribution in [-0.4, -0.2) is 6.54 Å². The Morgan fingerprint density at radius 3 is 2.53 bits per heavy atom. The predicted molar refractivity (Wildman–Crippen MR) is 91.0 cm³/mol. The average molecular weight is 403 g/mol. The highest BCUT2D eigenvalue weighted by atomic mass is 79.9. The molecule has 1 N–H and O–H groups in total. The van der Waals surface area contributed by atoms with Crippen molar-refractivity contribution in [1.29, 1.82) is 0 Å². The molecule has 2 aromatic rings. The first-order chi connectivity index (χ1) is 9.13. The van der Waals surface area contributed by atoms with E-state index in [2.05, 4.69) is 81.4 Å². The summed E-state index contributed by atoms with van der Waals surface area (Å²) in [4.78, 5) is 0. The molecule has 0 fully saturated rings. The van der Waals surface area contributed by atoms with Gasteiger partial charge in [0.1, 0.15) is 0 Å². The van der Waals surface area contributed by atoms with Gasteiger partial charge in [-0.15, -0.1) is 11.3 Å². The Morgan fingerprint density at radius 1 is 1.21 bits per heavy atom.